The molecule has 0 radical (unpaired) electrons. The third-order valence-electron chi connectivity index (χ3n) is 2.24. The number of hydrogen-bond acceptors (Lipinski definition) is 4. The molecule has 0 spiro atoms. The highest BCUT2D eigenvalue weighted by Gasteiger charge is 2.07. The number of thioether (sulfide) groups is 1. The number of carbonyl (C=O) groups excluding carboxylic acids is 1. The Labute approximate surface area is 109 Å². The maximum absolute atomic E-state index is 11.7. The molecule has 6 heteroatoms. The average molecular weight is 262 g/mol. The van der Waals surface area contributed by atoms with Gasteiger partial charge in [0.2, 0.25) is 11.1 Å². The number of nitrogens with one attached hydrogen (secondary N) is 2. The number of H-pyrrole nitrogens is 1. The van der Waals surface area contributed by atoms with Gasteiger partial charge in [-0.25, -0.2) is 4.98 Å². The molecule has 0 saturated carbocycles. The zero-order valence-corrected chi connectivity index (χ0v) is 10.8. The molecule has 0 bridgehead atoms. The topological polar surface area (TPSA) is 70.7 Å². The van der Waals surface area contributed by atoms with Crippen molar-refractivity contribution in [1.82, 2.24) is 15.2 Å². The molecule has 94 valence electrons. The first-order valence-corrected chi connectivity index (χ1v) is 6.65. The van der Waals surface area contributed by atoms with Crippen LogP contribution in [0.3, 0.4) is 0 Å². The van der Waals surface area contributed by atoms with Crippen LogP contribution in [0.1, 0.15) is 12.7 Å². The molecular formula is C12H14N4OS. The Morgan fingerprint density at radius 3 is 2.83 bits per heavy atom. The molecule has 0 aliphatic heterocycles. The minimum absolute atomic E-state index is 0.0611. The molecule has 0 saturated heterocycles. The van der Waals surface area contributed by atoms with E-state index in [0.717, 1.165) is 17.9 Å². The molecule has 1 aromatic carbocycles. The third-order valence-corrected chi connectivity index (χ3v) is 3.08. The zero-order valence-electron chi connectivity index (χ0n) is 10.0. The molecule has 2 N–H and O–H groups in total. The summed E-state index contributed by atoms with van der Waals surface area (Å²) in [6, 6.07) is 9.37. The Morgan fingerprint density at radius 2 is 2.17 bits per heavy atom. The lowest BCUT2D eigenvalue weighted by Crippen LogP contribution is -2.13. The van der Waals surface area contributed by atoms with Crippen LogP contribution in [0.2, 0.25) is 0 Å². The maximum atomic E-state index is 11.7. The van der Waals surface area contributed by atoms with Gasteiger partial charge in [-0.05, 0) is 12.1 Å². The highest BCUT2D eigenvalue weighted by atomic mass is 32.2. The van der Waals surface area contributed by atoms with E-state index in [0.29, 0.717) is 10.9 Å². The quantitative estimate of drug-likeness (QED) is 0.809. The number of hydrogen-bond donors (Lipinski definition) is 2. The first kappa shape index (κ1) is 12.6. The van der Waals surface area contributed by atoms with E-state index >= 15 is 0 Å². The molecule has 1 aromatic heterocycles. The van der Waals surface area contributed by atoms with Crippen molar-refractivity contribution in [3.8, 4) is 0 Å². The number of nitrogens with zero attached hydrogens (tertiary/aromatic N) is 2. The van der Waals surface area contributed by atoms with Gasteiger partial charge in [0.15, 0.2) is 0 Å². The Balaban J connectivity index is 1.81. The summed E-state index contributed by atoms with van der Waals surface area (Å²) in [5.74, 6) is 1.07. The van der Waals surface area contributed by atoms with Crippen molar-refractivity contribution in [1.29, 1.82) is 0 Å². The van der Waals surface area contributed by atoms with E-state index in [4.69, 9.17) is 0 Å². The summed E-state index contributed by atoms with van der Waals surface area (Å²) >= 11 is 1.32. The van der Waals surface area contributed by atoms with E-state index in [-0.39, 0.29) is 5.91 Å². The smallest absolute Gasteiger partial charge is 0.234 e. The van der Waals surface area contributed by atoms with Gasteiger partial charge in [0.1, 0.15) is 5.82 Å². The van der Waals surface area contributed by atoms with Crippen molar-refractivity contribution in [2.45, 2.75) is 18.5 Å². The van der Waals surface area contributed by atoms with Crippen LogP contribution >= 0.6 is 11.8 Å². The van der Waals surface area contributed by atoms with Crippen LogP contribution in [0.25, 0.3) is 0 Å². The summed E-state index contributed by atoms with van der Waals surface area (Å²) < 4.78 is 0. The van der Waals surface area contributed by atoms with Crippen molar-refractivity contribution in [2.75, 3.05) is 11.1 Å². The second-order valence-electron chi connectivity index (χ2n) is 3.62. The average Bonchev–Trinajstić information content (AvgIpc) is 2.85. The predicted octanol–water partition coefficient (Wildman–Crippen LogP) is 2.10. The van der Waals surface area contributed by atoms with E-state index in [2.05, 4.69) is 20.5 Å². The lowest BCUT2D eigenvalue weighted by Gasteiger charge is -2.02. The molecule has 2 aromatic rings. The van der Waals surface area contributed by atoms with Crippen LogP contribution in [0, 0.1) is 0 Å². The van der Waals surface area contributed by atoms with Crippen LogP contribution in [-0.4, -0.2) is 26.8 Å². The highest BCUT2D eigenvalue weighted by Crippen LogP contribution is 2.13. The van der Waals surface area contributed by atoms with Crippen LogP contribution < -0.4 is 5.32 Å². The summed E-state index contributed by atoms with van der Waals surface area (Å²) in [6.07, 6.45) is 0.809. The molecule has 18 heavy (non-hydrogen) atoms. The summed E-state index contributed by atoms with van der Waals surface area (Å²) in [5, 5.41) is 10.2. The largest absolute Gasteiger partial charge is 0.325 e. The van der Waals surface area contributed by atoms with Crippen molar-refractivity contribution >= 4 is 23.4 Å². The molecule has 0 aliphatic rings. The van der Waals surface area contributed by atoms with Gasteiger partial charge in [-0.15, -0.1) is 5.10 Å². The molecule has 0 unspecified atom stereocenters. The molecule has 0 atom stereocenters. The summed E-state index contributed by atoms with van der Waals surface area (Å²) in [4.78, 5) is 15.9. The zero-order chi connectivity index (χ0) is 12.8. The third kappa shape index (κ3) is 3.59. The fraction of sp³-hybridized carbons (Fsp3) is 0.250. The predicted molar refractivity (Wildman–Crippen MR) is 71.6 cm³/mol. The number of aromatic nitrogens is 3. The van der Waals surface area contributed by atoms with E-state index in [1.54, 1.807) is 0 Å². The molecule has 5 nitrogen and oxygen atoms in total. The van der Waals surface area contributed by atoms with Gasteiger partial charge >= 0.3 is 0 Å². The molecule has 1 heterocycles. The first-order chi connectivity index (χ1) is 8.78. The second-order valence-corrected chi connectivity index (χ2v) is 4.56. The van der Waals surface area contributed by atoms with Crippen LogP contribution in [0.4, 0.5) is 5.69 Å². The Bertz CT molecular complexity index is 512. The van der Waals surface area contributed by atoms with Crippen LogP contribution in [0.5, 0.6) is 0 Å². The number of amides is 1. The molecule has 1 amide bonds. The van der Waals surface area contributed by atoms with Gasteiger partial charge in [0.05, 0.1) is 5.75 Å². The van der Waals surface area contributed by atoms with E-state index in [1.807, 2.05) is 37.3 Å². The fourth-order valence-electron chi connectivity index (χ4n) is 1.35. The number of benzene rings is 1. The van der Waals surface area contributed by atoms with Crippen molar-refractivity contribution in [2.24, 2.45) is 0 Å². The number of para-hydroxylation sites is 1. The van der Waals surface area contributed by atoms with Crippen molar-refractivity contribution in [3.63, 3.8) is 0 Å². The van der Waals surface area contributed by atoms with E-state index in [1.165, 1.54) is 11.8 Å². The minimum Gasteiger partial charge on any atom is -0.325 e. The number of aromatic amines is 1. The van der Waals surface area contributed by atoms with Crippen molar-refractivity contribution in [3.05, 3.63) is 36.2 Å². The SMILES string of the molecule is CCc1nc(SCC(=O)Nc2ccccc2)n[nH]1. The Kier molecular flexibility index (Phi) is 4.35. The maximum Gasteiger partial charge on any atom is 0.234 e. The summed E-state index contributed by atoms with van der Waals surface area (Å²) in [6.45, 7) is 2.00. The van der Waals surface area contributed by atoms with Crippen LogP contribution in [0.15, 0.2) is 35.5 Å². The fourth-order valence-corrected chi connectivity index (χ4v) is 1.97. The summed E-state index contributed by atoms with van der Waals surface area (Å²) in [5.41, 5.74) is 0.798. The molecule has 0 aliphatic carbocycles. The van der Waals surface area contributed by atoms with Gasteiger partial charge in [0, 0.05) is 12.1 Å². The molecule has 0 fully saturated rings. The number of aryl methyl sites for hydroxylation is 1. The lowest BCUT2D eigenvalue weighted by atomic mass is 10.3. The Morgan fingerprint density at radius 1 is 1.39 bits per heavy atom. The van der Waals surface area contributed by atoms with Gasteiger partial charge in [0.25, 0.3) is 0 Å². The first-order valence-electron chi connectivity index (χ1n) is 5.67. The van der Waals surface area contributed by atoms with Gasteiger partial charge < -0.3 is 5.32 Å². The number of carbonyl (C=O) groups is 1. The van der Waals surface area contributed by atoms with Gasteiger partial charge in [-0.1, -0.05) is 36.9 Å². The van der Waals surface area contributed by atoms with E-state index < -0.39 is 0 Å². The van der Waals surface area contributed by atoms with E-state index in [9.17, 15) is 4.79 Å². The van der Waals surface area contributed by atoms with Crippen LogP contribution in [-0.2, 0) is 11.2 Å². The lowest BCUT2D eigenvalue weighted by molar-refractivity contribution is -0.113. The number of rotatable bonds is 5. The summed E-state index contributed by atoms with van der Waals surface area (Å²) in [7, 11) is 0. The van der Waals surface area contributed by atoms with Gasteiger partial charge in [-0.2, -0.15) is 0 Å². The molecular weight excluding hydrogens is 248 g/mol. The normalized spacial score (nSPS) is 10.3. The monoisotopic (exact) mass is 262 g/mol. The standard InChI is InChI=1S/C12H14N4OS/c1-2-10-14-12(16-15-10)18-8-11(17)13-9-6-4-3-5-7-9/h3-7H,2,8H2,1H3,(H,13,17)(H,14,15,16). The number of anilines is 1. The molecule has 2 rings (SSSR count). The Hall–Kier alpha value is -1.82. The van der Waals surface area contributed by atoms with Gasteiger partial charge in [-0.3, -0.25) is 9.89 Å². The minimum atomic E-state index is -0.0611. The highest BCUT2D eigenvalue weighted by molar-refractivity contribution is 7.99. The second kappa shape index (κ2) is 6.20. The van der Waals surface area contributed by atoms with Crippen molar-refractivity contribution < 1.29 is 4.79 Å².